The number of nitrogens with one attached hydrogen (secondary N) is 1. The van der Waals surface area contributed by atoms with Crippen LogP contribution >= 0.6 is 0 Å². The number of rotatable bonds is 5. The molecule has 3 rings (SSSR count). The van der Waals surface area contributed by atoms with Crippen LogP contribution in [0.15, 0.2) is 24.4 Å². The van der Waals surface area contributed by atoms with Gasteiger partial charge in [0.25, 0.3) is 0 Å². The van der Waals surface area contributed by atoms with Crippen molar-refractivity contribution in [3.63, 3.8) is 0 Å². The average Bonchev–Trinajstić information content (AvgIpc) is 2.90. The number of aromatic nitrogens is 1. The second-order valence-corrected chi connectivity index (χ2v) is 6.14. The highest BCUT2D eigenvalue weighted by molar-refractivity contribution is 5.94. The molecular formula is C16H21N3O2. The first-order valence-electron chi connectivity index (χ1n) is 7.21. The minimum atomic E-state index is 0.134. The summed E-state index contributed by atoms with van der Waals surface area (Å²) in [4.78, 5) is 4.46. The molecule has 0 bridgehead atoms. The van der Waals surface area contributed by atoms with Crippen LogP contribution in [0.5, 0.6) is 11.5 Å². The predicted octanol–water partition coefficient (Wildman–Crippen LogP) is 2.75. The van der Waals surface area contributed by atoms with Crippen LogP contribution in [0.3, 0.4) is 0 Å². The second-order valence-electron chi connectivity index (χ2n) is 6.14. The Morgan fingerprint density at radius 2 is 2.05 bits per heavy atom. The van der Waals surface area contributed by atoms with Gasteiger partial charge in [-0.3, -0.25) is 0 Å². The highest BCUT2D eigenvalue weighted by Gasteiger charge is 2.19. The number of pyridine rings is 1. The summed E-state index contributed by atoms with van der Waals surface area (Å²) in [5, 5.41) is 5.58. The van der Waals surface area contributed by atoms with E-state index in [0.717, 1.165) is 41.1 Å². The molecule has 0 fully saturated rings. The smallest absolute Gasteiger partial charge is 0.231 e. The fourth-order valence-corrected chi connectivity index (χ4v) is 2.51. The molecule has 0 atom stereocenters. The quantitative estimate of drug-likeness (QED) is 0.885. The van der Waals surface area contributed by atoms with Gasteiger partial charge in [-0.2, -0.15) is 0 Å². The maximum Gasteiger partial charge on any atom is 0.231 e. The lowest BCUT2D eigenvalue weighted by molar-refractivity contribution is 0.174. The van der Waals surface area contributed by atoms with Crippen molar-refractivity contribution in [2.75, 3.05) is 25.2 Å². The van der Waals surface area contributed by atoms with E-state index < -0.39 is 0 Å². The first kappa shape index (κ1) is 13.9. The first-order chi connectivity index (χ1) is 10.1. The van der Waals surface area contributed by atoms with Crippen molar-refractivity contribution in [2.24, 2.45) is 11.1 Å². The van der Waals surface area contributed by atoms with Crippen LogP contribution in [0, 0.1) is 5.41 Å². The number of benzene rings is 1. The van der Waals surface area contributed by atoms with Crippen LogP contribution in [0.2, 0.25) is 0 Å². The van der Waals surface area contributed by atoms with E-state index in [1.54, 1.807) is 0 Å². The normalized spacial score (nSPS) is 13.7. The molecule has 112 valence electrons. The third kappa shape index (κ3) is 2.88. The van der Waals surface area contributed by atoms with Crippen molar-refractivity contribution in [3.8, 4) is 11.5 Å². The molecule has 1 aromatic heterocycles. The third-order valence-electron chi connectivity index (χ3n) is 3.81. The Kier molecular flexibility index (Phi) is 3.59. The van der Waals surface area contributed by atoms with Gasteiger partial charge in [-0.05, 0) is 42.0 Å². The number of hydrogen-bond donors (Lipinski definition) is 2. The van der Waals surface area contributed by atoms with Gasteiger partial charge in [0, 0.05) is 18.1 Å². The summed E-state index contributed by atoms with van der Waals surface area (Å²) >= 11 is 0. The number of ether oxygens (including phenoxy) is 2. The molecule has 0 spiro atoms. The molecule has 0 radical (unpaired) electrons. The molecule has 2 aromatic rings. The summed E-state index contributed by atoms with van der Waals surface area (Å²) in [6.07, 6.45) is 2.78. The lowest BCUT2D eigenvalue weighted by Crippen LogP contribution is -2.26. The zero-order chi connectivity index (χ0) is 14.9. The van der Waals surface area contributed by atoms with Gasteiger partial charge in [-0.25, -0.2) is 4.98 Å². The van der Waals surface area contributed by atoms with Crippen molar-refractivity contribution < 1.29 is 9.47 Å². The van der Waals surface area contributed by atoms with Crippen LogP contribution < -0.4 is 20.5 Å². The Balaban J connectivity index is 1.89. The third-order valence-corrected chi connectivity index (χ3v) is 3.81. The van der Waals surface area contributed by atoms with Crippen LogP contribution in [0.1, 0.15) is 20.3 Å². The van der Waals surface area contributed by atoms with Crippen LogP contribution in [-0.2, 0) is 0 Å². The molecule has 0 saturated carbocycles. The standard InChI is InChI=1S/C16H21N3O2/c1-16(2,4-5-17)9-19-15-12-8-14-13(20-10-21-14)7-11(12)3-6-18-15/h3,6-8H,4-5,9-10,17H2,1-2H3,(H,18,19). The Morgan fingerprint density at radius 1 is 1.29 bits per heavy atom. The number of anilines is 1. The summed E-state index contributed by atoms with van der Waals surface area (Å²) in [7, 11) is 0. The predicted molar refractivity (Wildman–Crippen MR) is 83.8 cm³/mol. The van der Waals surface area contributed by atoms with Gasteiger partial charge in [0.15, 0.2) is 11.5 Å². The van der Waals surface area contributed by atoms with Crippen molar-refractivity contribution in [1.82, 2.24) is 4.98 Å². The molecule has 1 aliphatic heterocycles. The van der Waals surface area contributed by atoms with Gasteiger partial charge in [0.2, 0.25) is 6.79 Å². The Morgan fingerprint density at radius 3 is 2.81 bits per heavy atom. The Hall–Kier alpha value is -2.01. The first-order valence-corrected chi connectivity index (χ1v) is 7.21. The van der Waals surface area contributed by atoms with Gasteiger partial charge >= 0.3 is 0 Å². The van der Waals surface area contributed by atoms with Gasteiger partial charge in [-0.15, -0.1) is 0 Å². The molecular weight excluding hydrogens is 266 g/mol. The number of hydrogen-bond acceptors (Lipinski definition) is 5. The lowest BCUT2D eigenvalue weighted by atomic mass is 9.89. The molecule has 1 aliphatic rings. The fourth-order valence-electron chi connectivity index (χ4n) is 2.51. The molecule has 0 amide bonds. The maximum absolute atomic E-state index is 5.66. The molecule has 0 saturated heterocycles. The minimum absolute atomic E-state index is 0.134. The minimum Gasteiger partial charge on any atom is -0.454 e. The van der Waals surface area contributed by atoms with Crippen LogP contribution in [0.4, 0.5) is 5.82 Å². The van der Waals surface area contributed by atoms with Gasteiger partial charge in [-0.1, -0.05) is 13.8 Å². The zero-order valence-electron chi connectivity index (χ0n) is 12.5. The molecule has 5 nitrogen and oxygen atoms in total. The van der Waals surface area contributed by atoms with Gasteiger partial charge in [0.05, 0.1) is 0 Å². The largest absolute Gasteiger partial charge is 0.454 e. The van der Waals surface area contributed by atoms with Crippen molar-refractivity contribution in [3.05, 3.63) is 24.4 Å². The van der Waals surface area contributed by atoms with E-state index in [1.807, 2.05) is 24.4 Å². The molecule has 21 heavy (non-hydrogen) atoms. The molecule has 3 N–H and O–H groups in total. The Bertz CT molecular complexity index is 655. The second kappa shape index (κ2) is 5.41. The maximum atomic E-state index is 5.66. The highest BCUT2D eigenvalue weighted by atomic mass is 16.7. The topological polar surface area (TPSA) is 69.4 Å². The van der Waals surface area contributed by atoms with Crippen LogP contribution in [0.25, 0.3) is 10.8 Å². The average molecular weight is 287 g/mol. The van der Waals surface area contributed by atoms with Gasteiger partial charge < -0.3 is 20.5 Å². The Labute approximate surface area is 124 Å². The summed E-state index contributed by atoms with van der Waals surface area (Å²) in [5.74, 6) is 2.44. The van der Waals surface area contributed by atoms with E-state index in [1.165, 1.54) is 0 Å². The summed E-state index contributed by atoms with van der Waals surface area (Å²) in [5.41, 5.74) is 5.80. The highest BCUT2D eigenvalue weighted by Crippen LogP contribution is 2.38. The van der Waals surface area contributed by atoms with Crippen molar-refractivity contribution in [2.45, 2.75) is 20.3 Å². The fraction of sp³-hybridized carbons (Fsp3) is 0.438. The lowest BCUT2D eigenvalue weighted by Gasteiger charge is -2.24. The molecule has 0 unspecified atom stereocenters. The summed E-state index contributed by atoms with van der Waals surface area (Å²) in [6, 6.07) is 5.96. The number of fused-ring (bicyclic) bond motifs is 2. The van der Waals surface area contributed by atoms with E-state index in [2.05, 4.69) is 24.1 Å². The zero-order valence-corrected chi connectivity index (χ0v) is 12.5. The summed E-state index contributed by atoms with van der Waals surface area (Å²) in [6.45, 7) is 6.20. The van der Waals surface area contributed by atoms with E-state index in [4.69, 9.17) is 15.2 Å². The van der Waals surface area contributed by atoms with E-state index in [-0.39, 0.29) is 12.2 Å². The SMILES string of the molecule is CC(C)(CCN)CNc1nccc2cc3c(cc12)OCO3. The molecule has 1 aromatic carbocycles. The van der Waals surface area contributed by atoms with Crippen molar-refractivity contribution in [1.29, 1.82) is 0 Å². The molecule has 5 heteroatoms. The van der Waals surface area contributed by atoms with Crippen LogP contribution in [-0.4, -0.2) is 24.9 Å². The van der Waals surface area contributed by atoms with Gasteiger partial charge in [0.1, 0.15) is 5.82 Å². The monoisotopic (exact) mass is 287 g/mol. The number of nitrogens with zero attached hydrogens (tertiary/aromatic N) is 1. The molecule has 0 aliphatic carbocycles. The van der Waals surface area contributed by atoms with E-state index >= 15 is 0 Å². The van der Waals surface area contributed by atoms with E-state index in [0.29, 0.717) is 6.54 Å². The number of nitrogens with two attached hydrogens (primary N) is 1. The molecule has 2 heterocycles. The van der Waals surface area contributed by atoms with E-state index in [9.17, 15) is 0 Å². The summed E-state index contributed by atoms with van der Waals surface area (Å²) < 4.78 is 10.9. The van der Waals surface area contributed by atoms with Crippen molar-refractivity contribution >= 4 is 16.6 Å².